The number of benzene rings is 1. The van der Waals surface area contributed by atoms with Crippen molar-refractivity contribution < 1.29 is 41.0 Å². The van der Waals surface area contributed by atoms with Crippen molar-refractivity contribution in [3.8, 4) is 5.88 Å². The normalized spacial score (nSPS) is 23.6. The molecule has 0 radical (unpaired) electrons. The van der Waals surface area contributed by atoms with Crippen LogP contribution in [0.15, 0.2) is 47.1 Å². The van der Waals surface area contributed by atoms with Gasteiger partial charge in [0.05, 0.1) is 35.1 Å². The number of aromatic nitrogens is 2. The fourth-order valence-corrected chi connectivity index (χ4v) is 7.13. The van der Waals surface area contributed by atoms with Crippen LogP contribution in [0.3, 0.4) is 0 Å². The molecule has 1 amide bonds. The Kier molecular flexibility index (Phi) is 7.84. The maximum Gasteiger partial charge on any atom is 0.574 e. The van der Waals surface area contributed by atoms with E-state index < -0.39 is 59.7 Å². The molecule has 250 valence electrons. The number of fused-ring (bicyclic) bond motifs is 3. The van der Waals surface area contributed by atoms with E-state index in [-0.39, 0.29) is 48.2 Å². The number of esters is 1. The summed E-state index contributed by atoms with van der Waals surface area (Å²) in [6.07, 6.45) is -1.39. The summed E-state index contributed by atoms with van der Waals surface area (Å²) in [5.74, 6) is -4.44. The number of pyridine rings is 2. The van der Waals surface area contributed by atoms with Gasteiger partial charge in [0.1, 0.15) is 11.4 Å². The number of halogens is 6. The molecule has 1 saturated carbocycles. The average molecular weight is 724 g/mol. The smallest absolute Gasteiger partial charge is 0.459 e. The van der Waals surface area contributed by atoms with Gasteiger partial charge < -0.3 is 19.7 Å². The number of hydrogen-bond acceptors (Lipinski definition) is 7. The van der Waals surface area contributed by atoms with Gasteiger partial charge in [-0.15, -0.1) is 13.2 Å². The average Bonchev–Trinajstić information content (AvgIpc) is 2.94. The minimum absolute atomic E-state index is 0.0278. The molecule has 3 aliphatic carbocycles. The Morgan fingerprint density at radius 1 is 1.04 bits per heavy atom. The van der Waals surface area contributed by atoms with Crippen molar-refractivity contribution in [2.75, 3.05) is 18.0 Å². The Morgan fingerprint density at radius 3 is 2.34 bits per heavy atom. The van der Waals surface area contributed by atoms with Crippen LogP contribution in [0.1, 0.15) is 67.9 Å². The predicted molar refractivity (Wildman–Crippen MR) is 167 cm³/mol. The van der Waals surface area contributed by atoms with Crippen LogP contribution in [-0.4, -0.2) is 58.4 Å². The lowest BCUT2D eigenvalue weighted by atomic mass is 9.57. The molecule has 0 spiro atoms. The Hall–Kier alpha value is -3.81. The molecule has 7 rings (SSSR count). The van der Waals surface area contributed by atoms with Crippen molar-refractivity contribution in [1.29, 1.82) is 0 Å². The molecule has 3 aromatic rings. The minimum atomic E-state index is -5.05. The van der Waals surface area contributed by atoms with E-state index in [2.05, 4.69) is 36.0 Å². The topological polar surface area (TPSA) is 93.7 Å². The second-order valence-electron chi connectivity index (χ2n) is 13.5. The SMILES string of the molecule is Cc1c(N2CC(F)(F)C2)nc2ccc(Br)cc2c1C(=O)NC12CCC(C(=O)OC(C)(C)C)(C=C1c1cccnc1OC(F)(F)F)CC2. The molecule has 47 heavy (non-hydrogen) atoms. The lowest BCUT2D eigenvalue weighted by Gasteiger charge is -2.51. The Bertz CT molecular complexity index is 1800. The monoisotopic (exact) mass is 722 g/mol. The van der Waals surface area contributed by atoms with E-state index in [0.29, 0.717) is 20.9 Å². The molecular formula is C33H32BrF5N4O4. The van der Waals surface area contributed by atoms with Crippen LogP contribution in [-0.2, 0) is 9.53 Å². The third kappa shape index (κ3) is 6.28. The van der Waals surface area contributed by atoms with Crippen molar-refractivity contribution in [1.82, 2.24) is 15.3 Å². The highest BCUT2D eigenvalue weighted by molar-refractivity contribution is 9.10. The van der Waals surface area contributed by atoms with Crippen molar-refractivity contribution in [2.45, 2.75) is 76.8 Å². The summed E-state index contributed by atoms with van der Waals surface area (Å²) in [7, 11) is 0. The van der Waals surface area contributed by atoms with Gasteiger partial charge in [0.25, 0.3) is 11.8 Å². The molecule has 14 heteroatoms. The number of carbonyl (C=O) groups is 2. The number of alkyl halides is 5. The second kappa shape index (κ2) is 11.1. The summed E-state index contributed by atoms with van der Waals surface area (Å²) >= 11 is 3.43. The summed E-state index contributed by atoms with van der Waals surface area (Å²) in [6.45, 7) is 5.73. The number of carbonyl (C=O) groups excluding carboxylic acids is 2. The molecule has 0 unspecified atom stereocenters. The van der Waals surface area contributed by atoms with Crippen molar-refractivity contribution >= 4 is 50.1 Å². The van der Waals surface area contributed by atoms with Crippen LogP contribution in [0.4, 0.5) is 27.8 Å². The number of nitrogens with zero attached hydrogens (tertiary/aromatic N) is 3. The fourth-order valence-electron chi connectivity index (χ4n) is 6.77. The van der Waals surface area contributed by atoms with Crippen LogP contribution < -0.4 is 15.0 Å². The highest BCUT2D eigenvalue weighted by Gasteiger charge is 2.56. The van der Waals surface area contributed by atoms with Gasteiger partial charge in [0.15, 0.2) is 0 Å². The first kappa shape index (κ1) is 33.1. The van der Waals surface area contributed by atoms with Gasteiger partial charge in [0, 0.05) is 27.2 Å². The van der Waals surface area contributed by atoms with Gasteiger partial charge in [-0.25, -0.2) is 18.7 Å². The lowest BCUT2D eigenvalue weighted by molar-refractivity contribution is -0.276. The van der Waals surface area contributed by atoms with E-state index >= 15 is 0 Å². The van der Waals surface area contributed by atoms with Crippen LogP contribution in [0.5, 0.6) is 5.88 Å². The molecule has 2 aromatic heterocycles. The quantitative estimate of drug-likeness (QED) is 0.208. The standard InChI is InChI=1S/C33H32BrF5N4O4/c1-18-24(21-14-19(34)7-8-23(21)41-25(18)43-16-32(35,36)17-43)26(44)42-31-11-9-30(10-12-31,28(45)47-29(2,3)4)15-22(31)20-6-5-13-40-27(20)46-33(37,38)39/h5-8,13-15H,9-12,16-17H2,1-4H3,(H,42,44). The zero-order valence-electron chi connectivity index (χ0n) is 26.0. The van der Waals surface area contributed by atoms with Crippen molar-refractivity contribution in [3.05, 3.63) is 63.8 Å². The molecule has 1 aliphatic heterocycles. The maximum atomic E-state index is 14.5. The fraction of sp³-hybridized carbons (Fsp3) is 0.455. The highest BCUT2D eigenvalue weighted by atomic mass is 79.9. The van der Waals surface area contributed by atoms with Gasteiger partial charge in [-0.3, -0.25) is 9.59 Å². The predicted octanol–water partition coefficient (Wildman–Crippen LogP) is 7.52. The number of amides is 1. The largest absolute Gasteiger partial charge is 0.574 e. The van der Waals surface area contributed by atoms with Gasteiger partial charge in [-0.2, -0.15) is 0 Å². The first-order valence-corrected chi connectivity index (χ1v) is 15.8. The Morgan fingerprint density at radius 2 is 1.72 bits per heavy atom. The number of rotatable bonds is 6. The summed E-state index contributed by atoms with van der Waals surface area (Å²) in [5.41, 5.74) is -1.99. The van der Waals surface area contributed by atoms with E-state index in [9.17, 15) is 31.5 Å². The molecule has 4 aliphatic rings. The molecular weight excluding hydrogens is 691 g/mol. The van der Waals surface area contributed by atoms with E-state index in [4.69, 9.17) is 4.74 Å². The lowest BCUT2D eigenvalue weighted by Crippen LogP contribution is -2.58. The van der Waals surface area contributed by atoms with Gasteiger partial charge >= 0.3 is 12.3 Å². The van der Waals surface area contributed by atoms with Gasteiger partial charge in [-0.05, 0) is 89.3 Å². The molecule has 2 bridgehead atoms. The Balaban J connectivity index is 1.47. The number of hydrogen-bond donors (Lipinski definition) is 1. The number of nitrogens with one attached hydrogen (secondary N) is 1. The zero-order chi connectivity index (χ0) is 34.2. The van der Waals surface area contributed by atoms with Crippen LogP contribution >= 0.6 is 15.9 Å². The summed E-state index contributed by atoms with van der Waals surface area (Å²) in [5, 5.41) is 3.58. The van der Waals surface area contributed by atoms with Crippen LogP contribution in [0.25, 0.3) is 16.5 Å². The van der Waals surface area contributed by atoms with E-state index in [0.717, 1.165) is 6.20 Å². The van der Waals surface area contributed by atoms with E-state index in [1.54, 1.807) is 52.0 Å². The third-order valence-electron chi connectivity index (χ3n) is 8.90. The molecule has 3 heterocycles. The van der Waals surface area contributed by atoms with Crippen molar-refractivity contribution in [2.24, 2.45) is 5.41 Å². The van der Waals surface area contributed by atoms with Gasteiger partial charge in [0.2, 0.25) is 5.88 Å². The molecule has 8 nitrogen and oxygen atoms in total. The molecule has 1 N–H and O–H groups in total. The molecule has 1 saturated heterocycles. The summed E-state index contributed by atoms with van der Waals surface area (Å²) < 4.78 is 79.0. The zero-order valence-corrected chi connectivity index (χ0v) is 27.6. The molecule has 2 fully saturated rings. The number of ether oxygens (including phenoxy) is 2. The molecule has 0 atom stereocenters. The van der Waals surface area contributed by atoms with Crippen LogP contribution in [0, 0.1) is 12.3 Å². The van der Waals surface area contributed by atoms with Crippen LogP contribution in [0.2, 0.25) is 0 Å². The van der Waals surface area contributed by atoms with E-state index in [1.807, 2.05) is 0 Å². The first-order chi connectivity index (χ1) is 21.8. The van der Waals surface area contributed by atoms with Gasteiger partial charge in [-0.1, -0.05) is 22.0 Å². The first-order valence-electron chi connectivity index (χ1n) is 15.0. The minimum Gasteiger partial charge on any atom is -0.459 e. The summed E-state index contributed by atoms with van der Waals surface area (Å²) in [6, 6.07) is 7.96. The third-order valence-corrected chi connectivity index (χ3v) is 9.39. The second-order valence-corrected chi connectivity index (χ2v) is 14.4. The maximum absolute atomic E-state index is 14.5. The highest BCUT2D eigenvalue weighted by Crippen LogP contribution is 2.56. The summed E-state index contributed by atoms with van der Waals surface area (Å²) in [4.78, 5) is 37.9. The Labute approximate surface area is 275 Å². The molecule has 1 aromatic carbocycles. The van der Waals surface area contributed by atoms with E-state index in [1.165, 1.54) is 17.0 Å². The number of anilines is 1. The van der Waals surface area contributed by atoms with Crippen molar-refractivity contribution in [3.63, 3.8) is 0 Å².